The average Bonchev–Trinajstić information content (AvgIpc) is 3.23. The van der Waals surface area contributed by atoms with E-state index >= 15 is 0 Å². The Morgan fingerprint density at radius 3 is 2.21 bits per heavy atom. The predicted octanol–water partition coefficient (Wildman–Crippen LogP) is 4.99. The third kappa shape index (κ3) is 4.91. The Kier molecular flexibility index (Phi) is 7.14. The summed E-state index contributed by atoms with van der Waals surface area (Å²) in [6.45, 7) is 1.79. The van der Waals surface area contributed by atoms with Crippen molar-refractivity contribution >= 4 is 23.2 Å². The van der Waals surface area contributed by atoms with Crippen LogP contribution in [0.5, 0.6) is 0 Å². The fourth-order valence-electron chi connectivity index (χ4n) is 4.98. The van der Waals surface area contributed by atoms with Crippen molar-refractivity contribution in [2.45, 2.75) is 44.2 Å². The molecule has 2 aromatic carbocycles. The number of esters is 1. The van der Waals surface area contributed by atoms with Gasteiger partial charge in [-0.05, 0) is 58.2 Å². The largest absolute Gasteiger partial charge is 0.445 e. The Morgan fingerprint density at radius 2 is 1.65 bits per heavy atom. The summed E-state index contributed by atoms with van der Waals surface area (Å²) < 4.78 is 5.89. The standard InChI is InChI=1S/C27H31N3O3S/c1-18-23(34-24(29-18)21-12-8-5-9-13-21)25(31)33-27(26(28)32)16-14-20(15-17-27)22(30(2)3)19-10-6-4-7-11-19/h4-13,20,22H,14-17H2,1-3H3,(H2,28,32). The SMILES string of the molecule is Cc1nc(-c2ccccc2)sc1C(=O)OC1(C(N)=O)CCC(C(c2ccccc2)N(C)C)CC1. The zero-order chi connectivity index (χ0) is 24.3. The predicted molar refractivity (Wildman–Crippen MR) is 134 cm³/mol. The van der Waals surface area contributed by atoms with E-state index in [0.717, 1.165) is 23.4 Å². The van der Waals surface area contributed by atoms with Crippen molar-refractivity contribution in [2.24, 2.45) is 11.7 Å². The van der Waals surface area contributed by atoms with Gasteiger partial charge in [-0.2, -0.15) is 0 Å². The highest BCUT2D eigenvalue weighted by atomic mass is 32.1. The Labute approximate surface area is 204 Å². The number of aryl methyl sites for hydroxylation is 1. The number of primary amides is 1. The van der Waals surface area contributed by atoms with Gasteiger partial charge in [-0.15, -0.1) is 11.3 Å². The van der Waals surface area contributed by atoms with Gasteiger partial charge in [-0.3, -0.25) is 4.79 Å². The van der Waals surface area contributed by atoms with E-state index in [4.69, 9.17) is 10.5 Å². The van der Waals surface area contributed by atoms with Gasteiger partial charge in [-0.1, -0.05) is 60.7 Å². The van der Waals surface area contributed by atoms with Gasteiger partial charge in [0.25, 0.3) is 5.91 Å². The highest BCUT2D eigenvalue weighted by Gasteiger charge is 2.46. The van der Waals surface area contributed by atoms with E-state index in [2.05, 4.69) is 36.1 Å². The van der Waals surface area contributed by atoms with E-state index in [0.29, 0.717) is 29.3 Å². The lowest BCUT2D eigenvalue weighted by Crippen LogP contribution is -2.51. The van der Waals surface area contributed by atoms with E-state index in [1.165, 1.54) is 16.9 Å². The molecule has 0 radical (unpaired) electrons. The Morgan fingerprint density at radius 1 is 1.06 bits per heavy atom. The van der Waals surface area contributed by atoms with Gasteiger partial charge < -0.3 is 15.4 Å². The molecule has 1 heterocycles. The normalized spacial score (nSPS) is 21.2. The minimum atomic E-state index is -1.29. The maximum atomic E-state index is 13.2. The van der Waals surface area contributed by atoms with Gasteiger partial charge in [0, 0.05) is 11.6 Å². The van der Waals surface area contributed by atoms with Crippen LogP contribution in [0, 0.1) is 12.8 Å². The summed E-state index contributed by atoms with van der Waals surface area (Å²) in [5.74, 6) is -0.772. The minimum Gasteiger partial charge on any atom is -0.445 e. The topological polar surface area (TPSA) is 85.5 Å². The number of ether oxygens (including phenoxy) is 1. The molecular weight excluding hydrogens is 446 g/mol. The van der Waals surface area contributed by atoms with Crippen LogP contribution in [0.3, 0.4) is 0 Å². The first-order valence-corrected chi connectivity index (χ1v) is 12.4. The smallest absolute Gasteiger partial charge is 0.351 e. The molecule has 0 saturated heterocycles. The highest BCUT2D eigenvalue weighted by Crippen LogP contribution is 2.43. The second-order valence-electron chi connectivity index (χ2n) is 9.20. The van der Waals surface area contributed by atoms with Crippen molar-refractivity contribution < 1.29 is 14.3 Å². The summed E-state index contributed by atoms with van der Waals surface area (Å²) in [4.78, 5) is 32.9. The fraction of sp³-hybridized carbons (Fsp3) is 0.370. The maximum Gasteiger partial charge on any atom is 0.351 e. The number of nitrogens with two attached hydrogens (primary N) is 1. The van der Waals surface area contributed by atoms with E-state index in [1.54, 1.807) is 6.92 Å². The van der Waals surface area contributed by atoms with Crippen molar-refractivity contribution in [2.75, 3.05) is 14.1 Å². The van der Waals surface area contributed by atoms with Crippen molar-refractivity contribution in [3.8, 4) is 10.6 Å². The molecule has 1 amide bonds. The van der Waals surface area contributed by atoms with Crippen LogP contribution in [-0.2, 0) is 9.53 Å². The van der Waals surface area contributed by atoms with Gasteiger partial charge in [0.1, 0.15) is 9.88 Å². The molecule has 178 valence electrons. The summed E-state index contributed by atoms with van der Waals surface area (Å²) in [6.07, 6.45) is 2.31. The molecule has 3 aromatic rings. The number of carbonyl (C=O) groups excluding carboxylic acids is 2. The first-order valence-electron chi connectivity index (χ1n) is 11.6. The van der Waals surface area contributed by atoms with E-state index < -0.39 is 17.5 Å². The van der Waals surface area contributed by atoms with E-state index in [1.807, 2.05) is 48.5 Å². The van der Waals surface area contributed by atoms with Crippen LogP contribution < -0.4 is 5.73 Å². The summed E-state index contributed by atoms with van der Waals surface area (Å²) >= 11 is 1.28. The maximum absolute atomic E-state index is 13.2. The summed E-state index contributed by atoms with van der Waals surface area (Å²) in [7, 11) is 4.15. The number of thiazole rings is 1. The van der Waals surface area contributed by atoms with Crippen LogP contribution >= 0.6 is 11.3 Å². The lowest BCUT2D eigenvalue weighted by Gasteiger charge is -2.41. The third-order valence-electron chi connectivity index (χ3n) is 6.72. The molecular formula is C27H31N3O3S. The van der Waals surface area contributed by atoms with Crippen molar-refractivity contribution in [1.29, 1.82) is 0 Å². The molecule has 1 aliphatic carbocycles. The first kappa shape index (κ1) is 24.1. The number of nitrogens with zero attached hydrogens (tertiary/aromatic N) is 2. The lowest BCUT2D eigenvalue weighted by molar-refractivity contribution is -0.142. The number of hydrogen-bond acceptors (Lipinski definition) is 6. The van der Waals surface area contributed by atoms with Crippen LogP contribution in [0.4, 0.5) is 0 Å². The molecule has 1 saturated carbocycles. The molecule has 4 rings (SSSR count). The zero-order valence-corrected chi connectivity index (χ0v) is 20.7. The van der Waals surface area contributed by atoms with Crippen LogP contribution in [0.2, 0.25) is 0 Å². The molecule has 6 nitrogen and oxygen atoms in total. The molecule has 0 aliphatic heterocycles. The average molecular weight is 478 g/mol. The van der Waals surface area contributed by atoms with Gasteiger partial charge in [0.05, 0.1) is 5.69 Å². The van der Waals surface area contributed by atoms with E-state index in [-0.39, 0.29) is 6.04 Å². The number of aromatic nitrogens is 1. The molecule has 1 atom stereocenters. The van der Waals surface area contributed by atoms with Crippen molar-refractivity contribution in [1.82, 2.24) is 9.88 Å². The molecule has 1 unspecified atom stereocenters. The second-order valence-corrected chi connectivity index (χ2v) is 10.2. The number of rotatable bonds is 7. The van der Waals surface area contributed by atoms with Crippen molar-refractivity contribution in [3.63, 3.8) is 0 Å². The number of amides is 1. The third-order valence-corrected chi connectivity index (χ3v) is 7.91. The minimum absolute atomic E-state index is 0.222. The van der Waals surface area contributed by atoms with Crippen LogP contribution in [0.25, 0.3) is 10.6 Å². The Hall–Kier alpha value is -3.03. The summed E-state index contributed by atoms with van der Waals surface area (Å²) in [5, 5.41) is 0.749. The second kappa shape index (κ2) is 10.1. The highest BCUT2D eigenvalue weighted by molar-refractivity contribution is 7.17. The number of benzene rings is 2. The molecule has 0 spiro atoms. The number of carbonyl (C=O) groups is 2. The van der Waals surface area contributed by atoms with Crippen LogP contribution in [-0.4, -0.2) is 41.5 Å². The van der Waals surface area contributed by atoms with Gasteiger partial charge in [-0.25, -0.2) is 9.78 Å². The van der Waals surface area contributed by atoms with Crippen LogP contribution in [0.1, 0.15) is 52.7 Å². The van der Waals surface area contributed by atoms with Gasteiger partial charge in [0.2, 0.25) is 0 Å². The van der Waals surface area contributed by atoms with Crippen LogP contribution in [0.15, 0.2) is 60.7 Å². The quantitative estimate of drug-likeness (QED) is 0.485. The molecule has 34 heavy (non-hydrogen) atoms. The zero-order valence-electron chi connectivity index (χ0n) is 19.9. The lowest BCUT2D eigenvalue weighted by atomic mass is 9.73. The molecule has 1 fully saturated rings. The monoisotopic (exact) mass is 477 g/mol. The van der Waals surface area contributed by atoms with E-state index in [9.17, 15) is 9.59 Å². The molecule has 1 aliphatic rings. The number of hydrogen-bond donors (Lipinski definition) is 1. The summed E-state index contributed by atoms with van der Waals surface area (Å²) in [6, 6.07) is 20.3. The van der Waals surface area contributed by atoms with Gasteiger partial charge >= 0.3 is 5.97 Å². The first-order chi connectivity index (χ1) is 16.3. The fourth-order valence-corrected chi connectivity index (χ4v) is 5.93. The Balaban J connectivity index is 1.51. The molecule has 2 N–H and O–H groups in total. The molecule has 0 bridgehead atoms. The Bertz CT molecular complexity index is 1140. The van der Waals surface area contributed by atoms with Gasteiger partial charge in [0.15, 0.2) is 5.60 Å². The molecule has 1 aromatic heterocycles. The molecule has 7 heteroatoms. The van der Waals surface area contributed by atoms with Crippen molar-refractivity contribution in [3.05, 3.63) is 76.8 Å². The summed E-state index contributed by atoms with van der Waals surface area (Å²) in [5.41, 5.74) is 7.31.